The number of halogens is 3. The van der Waals surface area contributed by atoms with E-state index >= 15 is 0 Å². The molecule has 0 saturated carbocycles. The monoisotopic (exact) mass is 458 g/mol. The number of alkyl halides is 3. The van der Waals surface area contributed by atoms with Crippen molar-refractivity contribution in [3.8, 4) is 5.75 Å². The van der Waals surface area contributed by atoms with Crippen LogP contribution in [0.3, 0.4) is 0 Å². The fourth-order valence-electron chi connectivity index (χ4n) is 3.12. The maximum Gasteiger partial charge on any atom is 0.416 e. The van der Waals surface area contributed by atoms with Crippen LogP contribution in [0.25, 0.3) is 0 Å². The highest BCUT2D eigenvalue weighted by Crippen LogP contribution is 2.32. The van der Waals surface area contributed by atoms with Gasteiger partial charge in [-0.2, -0.15) is 17.5 Å². The van der Waals surface area contributed by atoms with Gasteiger partial charge < -0.3 is 14.4 Å². The second-order valence-corrected chi connectivity index (χ2v) is 8.71. The Kier molecular flexibility index (Phi) is 6.75. The maximum absolute atomic E-state index is 12.9. The van der Waals surface area contributed by atoms with Crippen molar-refractivity contribution < 1.29 is 35.9 Å². The lowest BCUT2D eigenvalue weighted by molar-refractivity contribution is -0.143. The van der Waals surface area contributed by atoms with Crippen LogP contribution in [0.15, 0.2) is 53.4 Å². The van der Waals surface area contributed by atoms with Crippen molar-refractivity contribution in [3.05, 3.63) is 54.1 Å². The van der Waals surface area contributed by atoms with Crippen molar-refractivity contribution in [3.63, 3.8) is 0 Å². The van der Waals surface area contributed by atoms with Crippen molar-refractivity contribution in [2.24, 2.45) is 0 Å². The Hall–Kier alpha value is -2.79. The van der Waals surface area contributed by atoms with Crippen LogP contribution in [0.2, 0.25) is 0 Å². The number of anilines is 1. The van der Waals surface area contributed by atoms with E-state index < -0.39 is 27.7 Å². The average molecular weight is 458 g/mol. The molecule has 31 heavy (non-hydrogen) atoms. The Morgan fingerprint density at radius 3 is 2.26 bits per heavy atom. The first kappa shape index (κ1) is 22.9. The molecule has 1 aliphatic heterocycles. The molecule has 0 atom stereocenters. The van der Waals surface area contributed by atoms with Crippen LogP contribution in [0, 0.1) is 0 Å². The Morgan fingerprint density at radius 1 is 1.03 bits per heavy atom. The molecule has 0 unspecified atom stereocenters. The minimum absolute atomic E-state index is 0.0606. The van der Waals surface area contributed by atoms with Crippen LogP contribution in [-0.2, 0) is 25.7 Å². The second kappa shape index (κ2) is 9.15. The number of hydrogen-bond acceptors (Lipinski definition) is 6. The zero-order valence-electron chi connectivity index (χ0n) is 16.6. The van der Waals surface area contributed by atoms with Crippen LogP contribution in [-0.4, -0.2) is 58.6 Å². The number of esters is 1. The van der Waals surface area contributed by atoms with E-state index in [2.05, 4.69) is 4.74 Å². The number of carbonyl (C=O) groups is 1. The summed E-state index contributed by atoms with van der Waals surface area (Å²) >= 11 is 0. The van der Waals surface area contributed by atoms with E-state index in [9.17, 15) is 26.4 Å². The molecule has 168 valence electrons. The molecule has 1 fully saturated rings. The van der Waals surface area contributed by atoms with Gasteiger partial charge in [0.1, 0.15) is 5.75 Å². The number of sulfonamides is 1. The lowest BCUT2D eigenvalue weighted by Gasteiger charge is -2.35. The summed E-state index contributed by atoms with van der Waals surface area (Å²) in [5.74, 6) is -0.242. The summed E-state index contributed by atoms with van der Waals surface area (Å²) in [6.07, 6.45) is -4.44. The molecule has 1 heterocycles. The predicted octanol–water partition coefficient (Wildman–Crippen LogP) is 2.77. The third-order valence-corrected chi connectivity index (χ3v) is 6.74. The Bertz CT molecular complexity index is 1020. The first-order valence-electron chi connectivity index (χ1n) is 9.33. The zero-order valence-corrected chi connectivity index (χ0v) is 17.4. The van der Waals surface area contributed by atoms with Gasteiger partial charge in [-0.3, -0.25) is 0 Å². The van der Waals surface area contributed by atoms with E-state index in [0.717, 1.165) is 12.1 Å². The highest BCUT2D eigenvalue weighted by atomic mass is 32.2. The molecule has 0 aliphatic carbocycles. The fourth-order valence-corrected chi connectivity index (χ4v) is 4.55. The molecule has 7 nitrogen and oxygen atoms in total. The molecule has 0 spiro atoms. The van der Waals surface area contributed by atoms with E-state index in [1.54, 1.807) is 11.0 Å². The molecular formula is C20H21F3N2O5S. The van der Waals surface area contributed by atoms with Gasteiger partial charge in [-0.1, -0.05) is 6.07 Å². The standard InChI is InChI=1S/C20H21F3N2O5S/c1-29-19(26)14-30-17-5-7-18(8-6-17)31(27,28)25-11-9-24(10-12-25)16-4-2-3-15(13-16)20(21,22)23/h2-8,13H,9-12,14H2,1H3. The fraction of sp³-hybridized carbons (Fsp3) is 0.350. The number of piperazine rings is 1. The van der Waals surface area contributed by atoms with Gasteiger partial charge in [0.2, 0.25) is 10.0 Å². The van der Waals surface area contributed by atoms with Crippen molar-refractivity contribution >= 4 is 21.7 Å². The first-order valence-corrected chi connectivity index (χ1v) is 10.8. The van der Waals surface area contributed by atoms with Gasteiger partial charge in [-0.25, -0.2) is 13.2 Å². The molecular weight excluding hydrogens is 437 g/mol. The molecule has 3 rings (SSSR count). The summed E-state index contributed by atoms with van der Waals surface area (Å²) in [4.78, 5) is 12.9. The Labute approximate surface area is 178 Å². The van der Waals surface area contributed by atoms with E-state index in [-0.39, 0.29) is 37.7 Å². The summed E-state index contributed by atoms with van der Waals surface area (Å²) in [7, 11) is -2.54. The van der Waals surface area contributed by atoms with Crippen LogP contribution in [0.1, 0.15) is 5.56 Å². The molecule has 0 N–H and O–H groups in total. The van der Waals surface area contributed by atoms with E-state index in [1.165, 1.54) is 41.7 Å². The van der Waals surface area contributed by atoms with Crippen molar-refractivity contribution in [2.75, 3.05) is 44.8 Å². The second-order valence-electron chi connectivity index (χ2n) is 6.78. The number of rotatable bonds is 6. The molecule has 1 aliphatic rings. The summed E-state index contributed by atoms with van der Waals surface area (Å²) in [5.41, 5.74) is -0.339. The van der Waals surface area contributed by atoms with Gasteiger partial charge >= 0.3 is 12.1 Å². The van der Waals surface area contributed by atoms with Crippen LogP contribution >= 0.6 is 0 Å². The summed E-state index contributed by atoms with van der Waals surface area (Å²) < 4.78 is 75.5. The Balaban J connectivity index is 1.64. The third kappa shape index (κ3) is 5.47. The SMILES string of the molecule is COC(=O)COc1ccc(S(=O)(=O)N2CCN(c3cccc(C(F)(F)F)c3)CC2)cc1. The highest BCUT2D eigenvalue weighted by Gasteiger charge is 2.32. The third-order valence-electron chi connectivity index (χ3n) is 4.82. The Morgan fingerprint density at radius 2 is 1.68 bits per heavy atom. The number of ether oxygens (including phenoxy) is 2. The van der Waals surface area contributed by atoms with Crippen LogP contribution in [0.4, 0.5) is 18.9 Å². The normalized spacial score (nSPS) is 15.5. The molecule has 0 amide bonds. The largest absolute Gasteiger partial charge is 0.482 e. The number of nitrogens with zero attached hydrogens (tertiary/aromatic N) is 2. The van der Waals surface area contributed by atoms with Gasteiger partial charge in [0, 0.05) is 31.9 Å². The van der Waals surface area contributed by atoms with Gasteiger partial charge in [0.05, 0.1) is 17.6 Å². The number of methoxy groups -OCH3 is 1. The van der Waals surface area contributed by atoms with Crippen LogP contribution < -0.4 is 9.64 Å². The summed E-state index contributed by atoms with van der Waals surface area (Å²) in [5, 5.41) is 0. The first-order chi connectivity index (χ1) is 14.6. The van der Waals surface area contributed by atoms with E-state index in [0.29, 0.717) is 11.4 Å². The van der Waals surface area contributed by atoms with Gasteiger partial charge in [0.25, 0.3) is 0 Å². The molecule has 2 aromatic carbocycles. The minimum Gasteiger partial charge on any atom is -0.482 e. The predicted molar refractivity (Wildman–Crippen MR) is 106 cm³/mol. The van der Waals surface area contributed by atoms with E-state index in [1.807, 2.05) is 0 Å². The summed E-state index contributed by atoms with van der Waals surface area (Å²) in [6.45, 7) is 0.514. The molecule has 1 saturated heterocycles. The molecule has 0 radical (unpaired) electrons. The molecule has 2 aromatic rings. The van der Waals surface area contributed by atoms with Crippen molar-refractivity contribution in [1.82, 2.24) is 4.31 Å². The maximum atomic E-state index is 12.9. The minimum atomic E-state index is -4.44. The van der Waals surface area contributed by atoms with Gasteiger partial charge in [-0.05, 0) is 42.5 Å². The molecule has 0 bridgehead atoms. The quantitative estimate of drug-likeness (QED) is 0.620. The van der Waals surface area contributed by atoms with Crippen LogP contribution in [0.5, 0.6) is 5.75 Å². The molecule has 11 heteroatoms. The lowest BCUT2D eigenvalue weighted by Crippen LogP contribution is -2.48. The smallest absolute Gasteiger partial charge is 0.416 e. The molecule has 0 aromatic heterocycles. The van der Waals surface area contributed by atoms with Gasteiger partial charge in [0.15, 0.2) is 6.61 Å². The summed E-state index contributed by atoms with van der Waals surface area (Å²) in [6, 6.07) is 10.6. The average Bonchev–Trinajstić information content (AvgIpc) is 2.77. The van der Waals surface area contributed by atoms with Crippen molar-refractivity contribution in [1.29, 1.82) is 0 Å². The van der Waals surface area contributed by atoms with Crippen molar-refractivity contribution in [2.45, 2.75) is 11.1 Å². The van der Waals surface area contributed by atoms with E-state index in [4.69, 9.17) is 4.74 Å². The number of hydrogen-bond donors (Lipinski definition) is 0. The lowest BCUT2D eigenvalue weighted by atomic mass is 10.1. The van der Waals surface area contributed by atoms with Gasteiger partial charge in [-0.15, -0.1) is 0 Å². The zero-order chi connectivity index (χ0) is 22.6. The topological polar surface area (TPSA) is 76.1 Å². The number of benzene rings is 2. The number of carbonyl (C=O) groups excluding carboxylic acids is 1. The highest BCUT2D eigenvalue weighted by molar-refractivity contribution is 7.89.